The molecular formula is C13H17N5O. The first kappa shape index (κ1) is 13.1. The molecule has 6 heteroatoms. The number of carbonyl (C=O) groups excluding carboxylic acids is 1. The Hall–Kier alpha value is -2.37. The van der Waals surface area contributed by atoms with Gasteiger partial charge in [0.2, 0.25) is 0 Å². The molecule has 0 spiro atoms. The van der Waals surface area contributed by atoms with Crippen molar-refractivity contribution in [1.29, 1.82) is 0 Å². The summed E-state index contributed by atoms with van der Waals surface area (Å²) in [6.45, 7) is 5.29. The summed E-state index contributed by atoms with van der Waals surface area (Å²) in [6, 6.07) is 7.30. The highest BCUT2D eigenvalue weighted by atomic mass is 16.2. The minimum Gasteiger partial charge on any atom is -0.325 e. The molecule has 0 saturated heterocycles. The second-order valence-corrected chi connectivity index (χ2v) is 3.97. The summed E-state index contributed by atoms with van der Waals surface area (Å²) in [7, 11) is 0. The lowest BCUT2D eigenvalue weighted by Gasteiger charge is -2.19. The Morgan fingerprint density at radius 1 is 1.16 bits per heavy atom. The van der Waals surface area contributed by atoms with E-state index in [0.29, 0.717) is 13.1 Å². The van der Waals surface area contributed by atoms with Crippen molar-refractivity contribution in [1.82, 2.24) is 19.9 Å². The number of amides is 2. The van der Waals surface area contributed by atoms with Gasteiger partial charge in [-0.3, -0.25) is 0 Å². The van der Waals surface area contributed by atoms with Gasteiger partial charge in [0, 0.05) is 18.8 Å². The molecule has 1 aromatic heterocycles. The Morgan fingerprint density at radius 2 is 1.74 bits per heavy atom. The van der Waals surface area contributed by atoms with Gasteiger partial charge in [0.05, 0.1) is 18.1 Å². The smallest absolute Gasteiger partial charge is 0.321 e. The van der Waals surface area contributed by atoms with Gasteiger partial charge in [-0.05, 0) is 38.1 Å². The number of aromatic nitrogens is 3. The average Bonchev–Trinajstić information content (AvgIpc) is 2.95. The molecule has 6 nitrogen and oxygen atoms in total. The highest BCUT2D eigenvalue weighted by Gasteiger charge is 2.09. The zero-order chi connectivity index (χ0) is 13.7. The van der Waals surface area contributed by atoms with Crippen molar-refractivity contribution in [3.63, 3.8) is 0 Å². The summed E-state index contributed by atoms with van der Waals surface area (Å²) in [4.78, 5) is 15.1. The number of anilines is 1. The third kappa shape index (κ3) is 3.09. The van der Waals surface area contributed by atoms with Gasteiger partial charge >= 0.3 is 6.03 Å². The van der Waals surface area contributed by atoms with Crippen molar-refractivity contribution in [2.45, 2.75) is 13.8 Å². The largest absolute Gasteiger partial charge is 0.325 e. The van der Waals surface area contributed by atoms with E-state index >= 15 is 0 Å². The van der Waals surface area contributed by atoms with Gasteiger partial charge in [-0.1, -0.05) is 0 Å². The Balaban J connectivity index is 2.05. The van der Waals surface area contributed by atoms with Gasteiger partial charge in [0.1, 0.15) is 0 Å². The lowest BCUT2D eigenvalue weighted by atomic mass is 10.3. The number of urea groups is 1. The van der Waals surface area contributed by atoms with Crippen molar-refractivity contribution >= 4 is 11.7 Å². The van der Waals surface area contributed by atoms with E-state index in [1.165, 1.54) is 4.80 Å². The second-order valence-electron chi connectivity index (χ2n) is 3.97. The zero-order valence-electron chi connectivity index (χ0n) is 11.1. The summed E-state index contributed by atoms with van der Waals surface area (Å²) in [5.41, 5.74) is 1.61. The average molecular weight is 259 g/mol. The van der Waals surface area contributed by atoms with Crippen molar-refractivity contribution in [2.75, 3.05) is 18.4 Å². The van der Waals surface area contributed by atoms with Crippen molar-refractivity contribution in [3.8, 4) is 5.69 Å². The molecule has 0 unspecified atom stereocenters. The lowest BCUT2D eigenvalue weighted by molar-refractivity contribution is 0.217. The quantitative estimate of drug-likeness (QED) is 0.915. The molecule has 1 N–H and O–H groups in total. The minimum atomic E-state index is -0.0880. The van der Waals surface area contributed by atoms with Gasteiger partial charge in [-0.15, -0.1) is 0 Å². The van der Waals surface area contributed by atoms with Crippen LogP contribution in [-0.4, -0.2) is 39.0 Å². The van der Waals surface area contributed by atoms with Crippen LogP contribution < -0.4 is 5.32 Å². The maximum absolute atomic E-state index is 11.9. The fourth-order valence-corrected chi connectivity index (χ4v) is 1.74. The second kappa shape index (κ2) is 5.99. The van der Waals surface area contributed by atoms with E-state index in [1.54, 1.807) is 17.3 Å². The highest BCUT2D eigenvalue weighted by molar-refractivity contribution is 5.89. The van der Waals surface area contributed by atoms with Gasteiger partial charge < -0.3 is 10.2 Å². The highest BCUT2D eigenvalue weighted by Crippen LogP contribution is 2.12. The van der Waals surface area contributed by atoms with Gasteiger partial charge in [-0.25, -0.2) is 4.79 Å². The van der Waals surface area contributed by atoms with Crippen LogP contribution in [0, 0.1) is 0 Å². The number of rotatable bonds is 4. The summed E-state index contributed by atoms with van der Waals surface area (Å²) in [6.07, 6.45) is 3.24. The maximum atomic E-state index is 11.9. The summed E-state index contributed by atoms with van der Waals surface area (Å²) >= 11 is 0. The van der Waals surface area contributed by atoms with Crippen LogP contribution in [0.1, 0.15) is 13.8 Å². The van der Waals surface area contributed by atoms with Crippen LogP contribution in [0.2, 0.25) is 0 Å². The van der Waals surface area contributed by atoms with Crippen LogP contribution in [0.5, 0.6) is 0 Å². The van der Waals surface area contributed by atoms with Gasteiger partial charge in [-0.2, -0.15) is 15.0 Å². The molecule has 0 aliphatic heterocycles. The monoisotopic (exact) mass is 259 g/mol. The molecule has 0 atom stereocenters. The van der Waals surface area contributed by atoms with Crippen LogP contribution in [0.3, 0.4) is 0 Å². The normalized spacial score (nSPS) is 10.2. The van der Waals surface area contributed by atoms with Crippen LogP contribution in [0.4, 0.5) is 10.5 Å². The molecular weight excluding hydrogens is 242 g/mol. The Morgan fingerprint density at radius 3 is 2.26 bits per heavy atom. The first-order chi connectivity index (χ1) is 9.24. The molecule has 0 aliphatic carbocycles. The molecule has 100 valence electrons. The van der Waals surface area contributed by atoms with Crippen LogP contribution in [0.25, 0.3) is 5.69 Å². The molecule has 2 amide bonds. The molecule has 0 fully saturated rings. The van der Waals surface area contributed by atoms with E-state index < -0.39 is 0 Å². The number of carbonyl (C=O) groups is 1. The molecule has 0 radical (unpaired) electrons. The van der Waals surface area contributed by atoms with E-state index in [-0.39, 0.29) is 6.03 Å². The minimum absolute atomic E-state index is 0.0880. The summed E-state index contributed by atoms with van der Waals surface area (Å²) < 4.78 is 0. The summed E-state index contributed by atoms with van der Waals surface area (Å²) in [5.74, 6) is 0. The molecule has 2 rings (SSSR count). The molecule has 0 bridgehead atoms. The maximum Gasteiger partial charge on any atom is 0.321 e. The number of nitrogens with zero attached hydrogens (tertiary/aromatic N) is 4. The fraction of sp³-hybridized carbons (Fsp3) is 0.308. The Bertz CT molecular complexity index is 516. The predicted octanol–water partition coefficient (Wildman–Crippen LogP) is 2.14. The predicted molar refractivity (Wildman–Crippen MR) is 73.3 cm³/mol. The third-order valence-corrected chi connectivity index (χ3v) is 2.82. The third-order valence-electron chi connectivity index (χ3n) is 2.82. The van der Waals surface area contributed by atoms with Crippen LogP contribution in [0.15, 0.2) is 36.7 Å². The Labute approximate surface area is 112 Å². The molecule has 19 heavy (non-hydrogen) atoms. The van der Waals surface area contributed by atoms with E-state index in [0.717, 1.165) is 11.4 Å². The molecule has 2 aromatic rings. The Kier molecular flexibility index (Phi) is 4.12. The lowest BCUT2D eigenvalue weighted by Crippen LogP contribution is -2.34. The number of hydrogen-bond donors (Lipinski definition) is 1. The van der Waals surface area contributed by atoms with Crippen LogP contribution >= 0.6 is 0 Å². The van der Waals surface area contributed by atoms with Crippen molar-refractivity contribution in [3.05, 3.63) is 36.7 Å². The van der Waals surface area contributed by atoms with E-state index in [4.69, 9.17) is 0 Å². The fourth-order valence-electron chi connectivity index (χ4n) is 1.74. The van der Waals surface area contributed by atoms with Crippen LogP contribution in [-0.2, 0) is 0 Å². The van der Waals surface area contributed by atoms with Crippen molar-refractivity contribution in [2.24, 2.45) is 0 Å². The van der Waals surface area contributed by atoms with E-state index in [2.05, 4.69) is 15.5 Å². The van der Waals surface area contributed by atoms with E-state index in [1.807, 2.05) is 38.1 Å². The number of nitrogens with one attached hydrogen (secondary N) is 1. The zero-order valence-corrected chi connectivity index (χ0v) is 11.1. The van der Waals surface area contributed by atoms with Gasteiger partial charge in [0.15, 0.2) is 0 Å². The molecule has 0 aliphatic rings. The van der Waals surface area contributed by atoms with Crippen molar-refractivity contribution < 1.29 is 4.79 Å². The molecule has 1 aromatic carbocycles. The number of benzene rings is 1. The molecule has 0 saturated carbocycles. The topological polar surface area (TPSA) is 63.1 Å². The first-order valence-electron chi connectivity index (χ1n) is 6.27. The van der Waals surface area contributed by atoms with E-state index in [9.17, 15) is 4.79 Å². The SMILES string of the molecule is CCN(CC)C(=O)Nc1ccc(-n2nccn2)cc1. The molecule has 1 heterocycles. The van der Waals surface area contributed by atoms with Gasteiger partial charge in [0.25, 0.3) is 0 Å². The first-order valence-corrected chi connectivity index (χ1v) is 6.27. The summed E-state index contributed by atoms with van der Waals surface area (Å²) in [5, 5.41) is 10.9. The number of hydrogen-bond acceptors (Lipinski definition) is 3. The standard InChI is InChI=1S/C13H17N5O/c1-3-17(4-2)13(19)16-11-5-7-12(8-6-11)18-14-9-10-15-18/h5-10H,3-4H2,1-2H3,(H,16,19).